The van der Waals surface area contributed by atoms with E-state index in [1.807, 2.05) is 18.2 Å². The van der Waals surface area contributed by atoms with Gasteiger partial charge in [-0.05, 0) is 24.3 Å². The standard InChI is InChI=1S/C23H22ClN9O3/c1-31-19-20(30-22(31)29-18-8-9-26-17(28-18)7-6-16(25)34)32(2)23(36)33(21(19)35)11-12-10-13-14(24)4-3-5-15(13)27-12/h3-5,8-10,27H,6-7,11H2,1-2H3,(H2,25,34)(H,26,28,29,30). The smallest absolute Gasteiger partial charge is 0.332 e. The predicted molar refractivity (Wildman–Crippen MR) is 135 cm³/mol. The van der Waals surface area contributed by atoms with Crippen LogP contribution in [0.1, 0.15) is 17.9 Å². The van der Waals surface area contributed by atoms with Gasteiger partial charge in [-0.1, -0.05) is 17.7 Å². The van der Waals surface area contributed by atoms with Gasteiger partial charge in [-0.25, -0.2) is 14.8 Å². The van der Waals surface area contributed by atoms with Crippen LogP contribution in [0.5, 0.6) is 0 Å². The molecule has 13 heteroatoms. The first-order valence-corrected chi connectivity index (χ1v) is 11.4. The third-order valence-corrected chi connectivity index (χ3v) is 6.23. The lowest BCUT2D eigenvalue weighted by Gasteiger charge is -2.08. The van der Waals surface area contributed by atoms with Crippen LogP contribution in [0.3, 0.4) is 0 Å². The third-order valence-electron chi connectivity index (χ3n) is 5.90. The number of hydrogen-bond acceptors (Lipinski definition) is 7. The highest BCUT2D eigenvalue weighted by Gasteiger charge is 2.20. The lowest BCUT2D eigenvalue weighted by atomic mass is 10.2. The maximum atomic E-state index is 13.4. The molecule has 184 valence electrons. The molecule has 0 aliphatic rings. The fourth-order valence-electron chi connectivity index (χ4n) is 4.06. The highest BCUT2D eigenvalue weighted by atomic mass is 35.5. The summed E-state index contributed by atoms with van der Waals surface area (Å²) in [4.78, 5) is 53.8. The number of nitrogens with zero attached hydrogens (tertiary/aromatic N) is 6. The van der Waals surface area contributed by atoms with Crippen LogP contribution in [0.15, 0.2) is 46.1 Å². The van der Waals surface area contributed by atoms with Crippen molar-refractivity contribution >= 4 is 51.3 Å². The SMILES string of the molecule is Cn1c(Nc2ccnc(CCC(N)=O)n2)nc2c1c(=O)n(Cc1cc3c(Cl)cccc3[nH]1)c(=O)n2C. The van der Waals surface area contributed by atoms with Crippen molar-refractivity contribution in [2.45, 2.75) is 19.4 Å². The Labute approximate surface area is 208 Å². The maximum Gasteiger partial charge on any atom is 0.332 e. The van der Waals surface area contributed by atoms with Crippen LogP contribution < -0.4 is 22.3 Å². The molecular formula is C23H22ClN9O3. The summed E-state index contributed by atoms with van der Waals surface area (Å²) < 4.78 is 4.05. The molecule has 1 amide bonds. The number of rotatable bonds is 7. The Hall–Kier alpha value is -4.45. The number of hydrogen-bond donors (Lipinski definition) is 3. The van der Waals surface area contributed by atoms with Crippen LogP contribution in [0.2, 0.25) is 5.02 Å². The Balaban J connectivity index is 1.53. The molecule has 0 bridgehead atoms. The van der Waals surface area contributed by atoms with Crippen LogP contribution in [0.4, 0.5) is 11.8 Å². The van der Waals surface area contributed by atoms with Gasteiger partial charge in [0.25, 0.3) is 5.56 Å². The molecule has 0 aliphatic heterocycles. The number of anilines is 2. The molecule has 0 saturated carbocycles. The van der Waals surface area contributed by atoms with E-state index in [1.165, 1.54) is 4.57 Å². The second-order valence-electron chi connectivity index (χ2n) is 8.34. The van der Waals surface area contributed by atoms with E-state index in [9.17, 15) is 14.4 Å². The van der Waals surface area contributed by atoms with Crippen molar-refractivity contribution < 1.29 is 4.79 Å². The van der Waals surface area contributed by atoms with Crippen LogP contribution in [-0.4, -0.2) is 39.5 Å². The number of aromatic nitrogens is 7. The number of carbonyl (C=O) groups excluding carboxylic acids is 1. The molecule has 0 unspecified atom stereocenters. The number of halogens is 1. The minimum absolute atomic E-state index is 0.0372. The first kappa shape index (κ1) is 23.3. The molecule has 0 atom stereocenters. The van der Waals surface area contributed by atoms with Crippen molar-refractivity contribution in [2.75, 3.05) is 5.32 Å². The Morgan fingerprint density at radius 1 is 1.17 bits per heavy atom. The van der Waals surface area contributed by atoms with Gasteiger partial charge in [0.15, 0.2) is 11.2 Å². The number of H-pyrrole nitrogens is 1. The molecule has 5 rings (SSSR count). The number of nitrogens with one attached hydrogen (secondary N) is 2. The van der Waals surface area contributed by atoms with Gasteiger partial charge < -0.3 is 20.6 Å². The number of aryl methyl sites for hydroxylation is 3. The van der Waals surface area contributed by atoms with Crippen molar-refractivity contribution in [2.24, 2.45) is 19.8 Å². The summed E-state index contributed by atoms with van der Waals surface area (Å²) in [6.45, 7) is 0.0372. The number of nitrogens with two attached hydrogens (primary N) is 1. The molecule has 1 aromatic carbocycles. The number of aromatic amines is 1. The fraction of sp³-hybridized carbons (Fsp3) is 0.217. The predicted octanol–water partition coefficient (Wildman–Crippen LogP) is 1.57. The van der Waals surface area contributed by atoms with Crippen molar-refractivity contribution in [1.82, 2.24) is 33.6 Å². The zero-order valence-electron chi connectivity index (χ0n) is 19.4. The number of fused-ring (bicyclic) bond motifs is 2. The first-order chi connectivity index (χ1) is 17.2. The quantitative estimate of drug-likeness (QED) is 0.301. The van der Waals surface area contributed by atoms with Gasteiger partial charge in [0.1, 0.15) is 11.6 Å². The molecule has 0 radical (unpaired) electrons. The number of benzene rings is 1. The molecule has 0 aliphatic carbocycles. The van der Waals surface area contributed by atoms with E-state index in [-0.39, 0.29) is 24.1 Å². The van der Waals surface area contributed by atoms with E-state index in [0.717, 1.165) is 15.5 Å². The summed E-state index contributed by atoms with van der Waals surface area (Å²) >= 11 is 6.27. The lowest BCUT2D eigenvalue weighted by molar-refractivity contribution is -0.118. The van der Waals surface area contributed by atoms with Crippen molar-refractivity contribution in [3.8, 4) is 0 Å². The summed E-state index contributed by atoms with van der Waals surface area (Å²) in [5.74, 6) is 0.723. The van der Waals surface area contributed by atoms with Gasteiger partial charge in [0, 0.05) is 54.8 Å². The van der Waals surface area contributed by atoms with Crippen molar-refractivity contribution in [1.29, 1.82) is 0 Å². The summed E-state index contributed by atoms with van der Waals surface area (Å²) in [5, 5.41) is 4.45. The first-order valence-electron chi connectivity index (χ1n) is 11.0. The lowest BCUT2D eigenvalue weighted by Crippen LogP contribution is -2.39. The zero-order chi connectivity index (χ0) is 25.6. The normalized spacial score (nSPS) is 11.4. The number of amides is 1. The molecule has 4 N–H and O–H groups in total. The fourth-order valence-corrected chi connectivity index (χ4v) is 4.29. The highest BCUT2D eigenvalue weighted by Crippen LogP contribution is 2.24. The molecule has 4 aromatic heterocycles. The van der Waals surface area contributed by atoms with E-state index >= 15 is 0 Å². The molecule has 12 nitrogen and oxygen atoms in total. The second kappa shape index (κ2) is 8.96. The number of imidazole rings is 1. The van der Waals surface area contributed by atoms with Crippen LogP contribution in [0, 0.1) is 0 Å². The average Bonchev–Trinajstić information content (AvgIpc) is 3.41. The maximum absolute atomic E-state index is 13.4. The van der Waals surface area contributed by atoms with E-state index in [0.29, 0.717) is 34.7 Å². The number of carbonyl (C=O) groups is 1. The van der Waals surface area contributed by atoms with Gasteiger partial charge >= 0.3 is 5.69 Å². The average molecular weight is 508 g/mol. The second-order valence-corrected chi connectivity index (χ2v) is 8.75. The van der Waals surface area contributed by atoms with E-state index in [4.69, 9.17) is 17.3 Å². The summed E-state index contributed by atoms with van der Waals surface area (Å²) in [7, 11) is 3.23. The minimum Gasteiger partial charge on any atom is -0.370 e. The van der Waals surface area contributed by atoms with Crippen LogP contribution in [-0.2, 0) is 31.9 Å². The van der Waals surface area contributed by atoms with Crippen LogP contribution >= 0.6 is 11.6 Å². The Morgan fingerprint density at radius 2 is 1.97 bits per heavy atom. The van der Waals surface area contributed by atoms with Gasteiger partial charge in [-0.15, -0.1) is 0 Å². The summed E-state index contributed by atoms with van der Waals surface area (Å²) in [6, 6.07) is 8.94. The van der Waals surface area contributed by atoms with Crippen molar-refractivity contribution in [3.05, 3.63) is 73.9 Å². The van der Waals surface area contributed by atoms with Gasteiger partial charge in [0.2, 0.25) is 11.9 Å². The Morgan fingerprint density at radius 3 is 2.72 bits per heavy atom. The largest absolute Gasteiger partial charge is 0.370 e. The molecule has 0 fully saturated rings. The molecule has 5 aromatic rings. The molecule has 36 heavy (non-hydrogen) atoms. The monoisotopic (exact) mass is 507 g/mol. The number of primary amides is 1. The van der Waals surface area contributed by atoms with E-state index in [1.54, 1.807) is 37.0 Å². The van der Waals surface area contributed by atoms with Gasteiger partial charge in [0.05, 0.1) is 6.54 Å². The molecule has 4 heterocycles. The zero-order valence-corrected chi connectivity index (χ0v) is 20.2. The summed E-state index contributed by atoms with van der Waals surface area (Å²) in [6.07, 6.45) is 1.97. The van der Waals surface area contributed by atoms with Crippen LogP contribution in [0.25, 0.3) is 22.1 Å². The molecule has 0 spiro atoms. The third kappa shape index (κ3) is 4.11. The minimum atomic E-state index is -0.502. The molecular weight excluding hydrogens is 486 g/mol. The highest BCUT2D eigenvalue weighted by molar-refractivity contribution is 6.35. The van der Waals surface area contributed by atoms with Crippen molar-refractivity contribution in [3.63, 3.8) is 0 Å². The Bertz CT molecular complexity index is 1760. The Kier molecular flexibility index (Phi) is 5.80. The van der Waals surface area contributed by atoms with E-state index < -0.39 is 17.2 Å². The summed E-state index contributed by atoms with van der Waals surface area (Å²) in [5.41, 5.74) is 6.18. The van der Waals surface area contributed by atoms with Gasteiger partial charge in [-0.2, -0.15) is 4.98 Å². The molecule has 0 saturated heterocycles. The topological polar surface area (TPSA) is 159 Å². The van der Waals surface area contributed by atoms with Gasteiger partial charge in [-0.3, -0.25) is 18.7 Å². The van der Waals surface area contributed by atoms with E-state index in [2.05, 4.69) is 25.3 Å².